The summed E-state index contributed by atoms with van der Waals surface area (Å²) in [5, 5.41) is 9.66. The van der Waals surface area contributed by atoms with Gasteiger partial charge in [0.2, 0.25) is 0 Å². The largest absolute Gasteiger partial charge is 0.345 e. The minimum atomic E-state index is -3.86. The lowest BCUT2D eigenvalue weighted by molar-refractivity contribution is 0.0949. The first-order valence-corrected chi connectivity index (χ1v) is 11.0. The number of carbonyl (C=O) groups is 1. The van der Waals surface area contributed by atoms with Crippen LogP contribution in [-0.4, -0.2) is 29.1 Å². The van der Waals surface area contributed by atoms with Crippen LogP contribution in [0.1, 0.15) is 35.1 Å². The van der Waals surface area contributed by atoms with Crippen LogP contribution in [0, 0.1) is 10.6 Å². The zero-order chi connectivity index (χ0) is 21.3. The van der Waals surface area contributed by atoms with Gasteiger partial charge in [0.1, 0.15) is 5.82 Å². The fourth-order valence-corrected chi connectivity index (χ4v) is 4.31. The van der Waals surface area contributed by atoms with Crippen molar-refractivity contribution in [3.63, 3.8) is 0 Å². The Morgan fingerprint density at radius 2 is 1.83 bits per heavy atom. The van der Waals surface area contributed by atoms with E-state index in [9.17, 15) is 17.6 Å². The molecule has 1 aliphatic rings. The van der Waals surface area contributed by atoms with Crippen LogP contribution in [-0.2, 0) is 16.6 Å². The summed E-state index contributed by atoms with van der Waals surface area (Å²) < 4.78 is 42.7. The molecule has 0 aliphatic heterocycles. The first-order valence-electron chi connectivity index (χ1n) is 9.16. The van der Waals surface area contributed by atoms with Gasteiger partial charge in [-0.3, -0.25) is 19.2 Å². The number of aromatic nitrogens is 3. The summed E-state index contributed by atoms with van der Waals surface area (Å²) in [6.45, 7) is 0.203. The van der Waals surface area contributed by atoms with Gasteiger partial charge in [-0.25, -0.2) is 12.8 Å². The van der Waals surface area contributed by atoms with E-state index in [1.807, 2.05) is 4.57 Å². The number of H-pyrrole nitrogens is 1. The fourth-order valence-electron chi connectivity index (χ4n) is 2.95. The second-order valence-corrected chi connectivity index (χ2v) is 8.93. The Hall–Kier alpha value is -3.05. The summed E-state index contributed by atoms with van der Waals surface area (Å²) >= 11 is 5.22. The van der Waals surface area contributed by atoms with Gasteiger partial charge in [0.25, 0.3) is 15.9 Å². The molecule has 0 spiro atoms. The van der Waals surface area contributed by atoms with Crippen molar-refractivity contribution in [3.8, 4) is 0 Å². The number of amides is 1. The molecule has 4 rings (SSSR count). The monoisotopic (exact) mass is 447 g/mol. The number of carbonyl (C=O) groups excluding carboxylic acids is 1. The predicted octanol–water partition coefficient (Wildman–Crippen LogP) is 3.15. The lowest BCUT2D eigenvalue weighted by Crippen LogP contribution is -2.24. The first-order chi connectivity index (χ1) is 14.3. The third-order valence-electron chi connectivity index (χ3n) is 4.62. The molecule has 11 heteroatoms. The number of hydrogen-bond acceptors (Lipinski definition) is 5. The molecule has 2 aromatic carbocycles. The van der Waals surface area contributed by atoms with Crippen LogP contribution in [0.5, 0.6) is 0 Å². The van der Waals surface area contributed by atoms with E-state index in [4.69, 9.17) is 12.2 Å². The van der Waals surface area contributed by atoms with Gasteiger partial charge < -0.3 is 5.32 Å². The molecule has 8 nitrogen and oxygen atoms in total. The second-order valence-electron chi connectivity index (χ2n) is 6.87. The fraction of sp³-hybridized carbons (Fsp3) is 0.211. The maximum Gasteiger partial charge on any atom is 0.261 e. The Morgan fingerprint density at radius 3 is 2.47 bits per heavy atom. The Bertz CT molecular complexity index is 1230. The van der Waals surface area contributed by atoms with E-state index in [2.05, 4.69) is 20.2 Å². The second kappa shape index (κ2) is 8.00. The molecule has 1 aliphatic carbocycles. The zero-order valence-corrected chi connectivity index (χ0v) is 17.3. The molecule has 3 N–H and O–H groups in total. The minimum Gasteiger partial charge on any atom is -0.345 e. The van der Waals surface area contributed by atoms with Gasteiger partial charge in [-0.15, -0.1) is 0 Å². The van der Waals surface area contributed by atoms with E-state index in [0.717, 1.165) is 25.0 Å². The number of aromatic amines is 1. The molecule has 1 saturated carbocycles. The molecule has 1 heterocycles. The highest BCUT2D eigenvalue weighted by Gasteiger charge is 2.27. The normalized spacial score (nSPS) is 13.8. The Morgan fingerprint density at radius 1 is 1.17 bits per heavy atom. The molecule has 1 fully saturated rings. The highest BCUT2D eigenvalue weighted by atomic mass is 32.2. The van der Waals surface area contributed by atoms with Crippen molar-refractivity contribution in [1.82, 2.24) is 20.1 Å². The number of hydrogen-bond donors (Lipinski definition) is 3. The van der Waals surface area contributed by atoms with Crippen molar-refractivity contribution in [2.45, 2.75) is 30.3 Å². The average molecular weight is 448 g/mol. The average Bonchev–Trinajstić information content (AvgIpc) is 3.50. The van der Waals surface area contributed by atoms with Gasteiger partial charge in [-0.05, 0) is 73.6 Å². The number of anilines is 1. The minimum absolute atomic E-state index is 0.0157. The summed E-state index contributed by atoms with van der Waals surface area (Å²) in [7, 11) is -3.86. The first kappa shape index (κ1) is 20.2. The molecule has 1 amide bonds. The van der Waals surface area contributed by atoms with E-state index in [0.29, 0.717) is 22.2 Å². The van der Waals surface area contributed by atoms with Crippen molar-refractivity contribution in [1.29, 1.82) is 0 Å². The van der Waals surface area contributed by atoms with Crippen LogP contribution in [0.3, 0.4) is 0 Å². The van der Waals surface area contributed by atoms with Crippen molar-refractivity contribution in [2.75, 3.05) is 4.72 Å². The smallest absolute Gasteiger partial charge is 0.261 e. The van der Waals surface area contributed by atoms with Gasteiger partial charge in [0.05, 0.1) is 11.4 Å². The molecule has 3 aromatic rings. The van der Waals surface area contributed by atoms with Crippen molar-refractivity contribution in [2.24, 2.45) is 0 Å². The number of rotatable bonds is 7. The van der Waals surface area contributed by atoms with Crippen molar-refractivity contribution >= 4 is 33.8 Å². The van der Waals surface area contributed by atoms with Crippen molar-refractivity contribution in [3.05, 3.63) is 70.5 Å². The number of halogens is 1. The van der Waals surface area contributed by atoms with E-state index in [1.165, 1.54) is 36.4 Å². The quantitative estimate of drug-likeness (QED) is 0.482. The Labute approximate surface area is 177 Å². The van der Waals surface area contributed by atoms with Crippen LogP contribution in [0.15, 0.2) is 53.4 Å². The third kappa shape index (κ3) is 4.41. The molecule has 0 saturated heterocycles. The molecular formula is C19H18FN5O3S2. The van der Waals surface area contributed by atoms with E-state index < -0.39 is 15.8 Å². The zero-order valence-electron chi connectivity index (χ0n) is 15.6. The molecule has 0 radical (unpaired) electrons. The highest BCUT2D eigenvalue weighted by molar-refractivity contribution is 7.92. The van der Waals surface area contributed by atoms with Gasteiger partial charge in [0.15, 0.2) is 10.6 Å². The maximum absolute atomic E-state index is 13.0. The summed E-state index contributed by atoms with van der Waals surface area (Å²) in [6, 6.07) is 10.8. The van der Waals surface area contributed by atoms with E-state index in [-0.39, 0.29) is 23.0 Å². The molecular weight excluding hydrogens is 429 g/mol. The number of sulfonamides is 1. The van der Waals surface area contributed by atoms with E-state index >= 15 is 0 Å². The van der Waals surface area contributed by atoms with E-state index in [1.54, 1.807) is 0 Å². The van der Waals surface area contributed by atoms with Gasteiger partial charge in [-0.1, -0.05) is 0 Å². The molecule has 0 bridgehead atoms. The van der Waals surface area contributed by atoms with Crippen LogP contribution >= 0.6 is 12.2 Å². The lowest BCUT2D eigenvalue weighted by atomic mass is 10.2. The van der Waals surface area contributed by atoms with Crippen LogP contribution in [0.4, 0.5) is 10.1 Å². The third-order valence-corrected chi connectivity index (χ3v) is 6.30. The standard InChI is InChI=1S/C19H18FN5O3S2/c20-13-3-5-14(6-4-13)24-30(27,28)16-9-1-12(2-10-16)18(26)21-11-17-22-23-19(29)25(17)15-7-8-15/h1-6,9-10,15,24H,7-8,11H2,(H,21,26)(H,23,29). The highest BCUT2D eigenvalue weighted by Crippen LogP contribution is 2.35. The van der Waals surface area contributed by atoms with Crippen LogP contribution in [0.2, 0.25) is 0 Å². The summed E-state index contributed by atoms with van der Waals surface area (Å²) in [5.41, 5.74) is 0.546. The molecule has 1 aromatic heterocycles. The Kier molecular flexibility index (Phi) is 5.39. The summed E-state index contributed by atoms with van der Waals surface area (Å²) in [6.07, 6.45) is 2.08. The SMILES string of the molecule is O=C(NCc1n[nH]c(=S)n1C1CC1)c1ccc(S(=O)(=O)Nc2ccc(F)cc2)cc1. The molecule has 0 unspecified atom stereocenters. The van der Waals surface area contributed by atoms with Crippen LogP contribution < -0.4 is 10.0 Å². The number of benzene rings is 2. The van der Waals surface area contributed by atoms with Crippen LogP contribution in [0.25, 0.3) is 0 Å². The lowest BCUT2D eigenvalue weighted by Gasteiger charge is -2.09. The number of nitrogens with one attached hydrogen (secondary N) is 3. The molecule has 30 heavy (non-hydrogen) atoms. The number of nitrogens with zero attached hydrogens (tertiary/aromatic N) is 2. The van der Waals surface area contributed by atoms with Gasteiger partial charge in [0, 0.05) is 17.3 Å². The predicted molar refractivity (Wildman–Crippen MR) is 111 cm³/mol. The van der Waals surface area contributed by atoms with Gasteiger partial charge >= 0.3 is 0 Å². The van der Waals surface area contributed by atoms with Crippen molar-refractivity contribution < 1.29 is 17.6 Å². The maximum atomic E-state index is 13.0. The summed E-state index contributed by atoms with van der Waals surface area (Å²) in [5.74, 6) is -0.171. The Balaban J connectivity index is 1.42. The van der Waals surface area contributed by atoms with Gasteiger partial charge in [-0.2, -0.15) is 5.10 Å². The summed E-state index contributed by atoms with van der Waals surface area (Å²) in [4.78, 5) is 12.4. The molecule has 0 atom stereocenters. The topological polar surface area (TPSA) is 109 Å². The molecule has 156 valence electrons.